The van der Waals surface area contributed by atoms with Gasteiger partial charge in [0.1, 0.15) is 11.5 Å². The van der Waals surface area contributed by atoms with E-state index in [1.807, 2.05) is 12.1 Å². The molecule has 3 aromatic rings. The number of hydrogen-bond donors (Lipinski definition) is 3. The fourth-order valence-corrected chi connectivity index (χ4v) is 2.56. The molecule has 6 nitrogen and oxygen atoms in total. The van der Waals surface area contributed by atoms with E-state index >= 15 is 0 Å². The maximum Gasteiger partial charge on any atom is 0.274 e. The highest BCUT2D eigenvalue weighted by Crippen LogP contribution is 2.21. The highest BCUT2D eigenvalue weighted by atomic mass is 35.5. The van der Waals surface area contributed by atoms with Crippen LogP contribution >= 0.6 is 11.6 Å². The first-order valence-corrected chi connectivity index (χ1v) is 8.65. The molecular weight excluding hydrogens is 383 g/mol. The molecule has 0 aliphatic rings. The van der Waals surface area contributed by atoms with Crippen molar-refractivity contribution in [1.82, 2.24) is 4.98 Å². The molecule has 1 aromatic heterocycles. The number of nitrogens with one attached hydrogen (secondary N) is 3. The molecule has 0 fully saturated rings. The molecule has 2 amide bonds. The van der Waals surface area contributed by atoms with Crippen molar-refractivity contribution in [3.63, 3.8) is 0 Å². The second kappa shape index (κ2) is 8.49. The van der Waals surface area contributed by atoms with Crippen molar-refractivity contribution in [2.24, 2.45) is 0 Å². The van der Waals surface area contributed by atoms with Gasteiger partial charge in [0.2, 0.25) is 5.91 Å². The summed E-state index contributed by atoms with van der Waals surface area (Å²) in [5.41, 5.74) is 2.76. The molecule has 0 unspecified atom stereocenters. The molecule has 1 heterocycles. The molecule has 2 aromatic carbocycles. The van der Waals surface area contributed by atoms with Crippen molar-refractivity contribution in [2.75, 3.05) is 16.0 Å². The third-order valence-electron chi connectivity index (χ3n) is 3.67. The van der Waals surface area contributed by atoms with Gasteiger partial charge in [-0.25, -0.2) is 9.37 Å². The van der Waals surface area contributed by atoms with E-state index in [2.05, 4.69) is 20.9 Å². The van der Waals surface area contributed by atoms with Crippen molar-refractivity contribution >= 4 is 46.2 Å². The Morgan fingerprint density at radius 3 is 2.14 bits per heavy atom. The minimum absolute atomic E-state index is 0.0742. The molecule has 0 saturated heterocycles. The number of rotatable bonds is 5. The van der Waals surface area contributed by atoms with Crippen LogP contribution in [0.1, 0.15) is 17.4 Å². The smallest absolute Gasteiger partial charge is 0.274 e. The van der Waals surface area contributed by atoms with Gasteiger partial charge in [-0.1, -0.05) is 11.6 Å². The van der Waals surface area contributed by atoms with Gasteiger partial charge in [0.25, 0.3) is 5.91 Å². The zero-order valence-electron chi connectivity index (χ0n) is 14.8. The van der Waals surface area contributed by atoms with Crippen LogP contribution in [0.3, 0.4) is 0 Å². The van der Waals surface area contributed by atoms with Crippen LogP contribution in [0.15, 0.2) is 60.8 Å². The van der Waals surface area contributed by atoms with Crippen LogP contribution < -0.4 is 16.0 Å². The summed E-state index contributed by atoms with van der Waals surface area (Å²) in [6.45, 7) is 1.44. The van der Waals surface area contributed by atoms with E-state index in [0.717, 1.165) is 5.69 Å². The SMILES string of the molecule is CC(=O)Nc1ccc(Nc2ccc(C(=O)Nc3ccc(F)c(Cl)c3)nc2)cc1. The van der Waals surface area contributed by atoms with Crippen LogP contribution in [0.25, 0.3) is 0 Å². The van der Waals surface area contributed by atoms with E-state index < -0.39 is 11.7 Å². The Hall–Kier alpha value is -3.45. The van der Waals surface area contributed by atoms with Gasteiger partial charge in [-0.2, -0.15) is 0 Å². The summed E-state index contributed by atoms with van der Waals surface area (Å²) < 4.78 is 13.2. The molecule has 0 spiro atoms. The fraction of sp³-hybridized carbons (Fsp3) is 0.0500. The molecule has 0 atom stereocenters. The Morgan fingerprint density at radius 1 is 0.893 bits per heavy atom. The lowest BCUT2D eigenvalue weighted by Crippen LogP contribution is -2.13. The standard InChI is InChI=1S/C20H16ClFN4O2/c1-12(27)24-13-2-4-14(5-3-13)25-16-7-9-19(23-11-16)20(28)26-15-6-8-18(22)17(21)10-15/h2-11,25H,1H3,(H,24,27)(H,26,28). The zero-order valence-corrected chi connectivity index (χ0v) is 15.5. The average molecular weight is 399 g/mol. The second-order valence-electron chi connectivity index (χ2n) is 5.90. The molecular formula is C20H16ClFN4O2. The lowest BCUT2D eigenvalue weighted by atomic mass is 10.2. The Kier molecular flexibility index (Phi) is 5.86. The van der Waals surface area contributed by atoms with Crippen molar-refractivity contribution in [3.05, 3.63) is 77.3 Å². The van der Waals surface area contributed by atoms with Crippen LogP contribution in [0, 0.1) is 5.82 Å². The number of nitrogens with zero attached hydrogens (tertiary/aromatic N) is 1. The Morgan fingerprint density at radius 2 is 1.54 bits per heavy atom. The largest absolute Gasteiger partial charge is 0.354 e. The Bertz CT molecular complexity index is 1010. The summed E-state index contributed by atoms with van der Waals surface area (Å²) in [5.74, 6) is -1.13. The van der Waals surface area contributed by atoms with E-state index in [9.17, 15) is 14.0 Å². The molecule has 0 aliphatic heterocycles. The minimum atomic E-state index is -0.557. The molecule has 3 N–H and O–H groups in total. The molecule has 0 bridgehead atoms. The van der Waals surface area contributed by atoms with Gasteiger partial charge in [-0.05, 0) is 54.6 Å². The van der Waals surface area contributed by atoms with Gasteiger partial charge < -0.3 is 16.0 Å². The van der Waals surface area contributed by atoms with Gasteiger partial charge in [-0.15, -0.1) is 0 Å². The number of pyridine rings is 1. The molecule has 0 aliphatic carbocycles. The number of hydrogen-bond acceptors (Lipinski definition) is 4. The molecule has 0 saturated carbocycles. The van der Waals surface area contributed by atoms with Crippen molar-refractivity contribution in [1.29, 1.82) is 0 Å². The summed E-state index contributed by atoms with van der Waals surface area (Å²) >= 11 is 5.70. The van der Waals surface area contributed by atoms with Gasteiger partial charge in [-0.3, -0.25) is 9.59 Å². The topological polar surface area (TPSA) is 83.1 Å². The van der Waals surface area contributed by atoms with E-state index in [0.29, 0.717) is 17.1 Å². The predicted molar refractivity (Wildman–Crippen MR) is 108 cm³/mol. The average Bonchev–Trinajstić information content (AvgIpc) is 2.66. The molecule has 3 rings (SSSR count). The van der Waals surface area contributed by atoms with Crippen LogP contribution in [-0.4, -0.2) is 16.8 Å². The first kappa shape index (κ1) is 19.3. The van der Waals surface area contributed by atoms with Crippen LogP contribution in [0.5, 0.6) is 0 Å². The van der Waals surface area contributed by atoms with Crippen molar-refractivity contribution in [3.8, 4) is 0 Å². The predicted octanol–water partition coefficient (Wildman–Crippen LogP) is 4.83. The first-order valence-electron chi connectivity index (χ1n) is 8.28. The lowest BCUT2D eigenvalue weighted by molar-refractivity contribution is -0.114. The summed E-state index contributed by atoms with van der Waals surface area (Å²) in [4.78, 5) is 27.4. The van der Waals surface area contributed by atoms with Crippen molar-refractivity contribution < 1.29 is 14.0 Å². The zero-order chi connectivity index (χ0) is 20.1. The third-order valence-corrected chi connectivity index (χ3v) is 3.96. The van der Waals surface area contributed by atoms with E-state index in [1.165, 1.54) is 31.3 Å². The second-order valence-corrected chi connectivity index (χ2v) is 6.31. The van der Waals surface area contributed by atoms with Gasteiger partial charge in [0, 0.05) is 24.0 Å². The lowest BCUT2D eigenvalue weighted by Gasteiger charge is -2.09. The van der Waals surface area contributed by atoms with Crippen LogP contribution in [0.4, 0.5) is 27.1 Å². The Labute approximate surface area is 165 Å². The van der Waals surface area contributed by atoms with Gasteiger partial charge >= 0.3 is 0 Å². The van der Waals surface area contributed by atoms with E-state index in [-0.39, 0.29) is 16.6 Å². The number of carbonyl (C=O) groups is 2. The quantitative estimate of drug-likeness (QED) is 0.575. The number of aromatic nitrogens is 1. The summed E-state index contributed by atoms with van der Waals surface area (Å²) in [6, 6.07) is 14.4. The normalized spacial score (nSPS) is 10.2. The molecule has 142 valence electrons. The Balaban J connectivity index is 1.63. The summed E-state index contributed by atoms with van der Waals surface area (Å²) in [5, 5.41) is 8.37. The monoisotopic (exact) mass is 398 g/mol. The summed E-state index contributed by atoms with van der Waals surface area (Å²) in [6.07, 6.45) is 1.52. The number of amides is 2. The van der Waals surface area contributed by atoms with Gasteiger partial charge in [0.05, 0.1) is 16.9 Å². The molecule has 28 heavy (non-hydrogen) atoms. The molecule has 0 radical (unpaired) electrons. The molecule has 8 heteroatoms. The highest BCUT2D eigenvalue weighted by molar-refractivity contribution is 6.31. The van der Waals surface area contributed by atoms with Crippen LogP contribution in [0.2, 0.25) is 5.02 Å². The number of anilines is 4. The first-order chi connectivity index (χ1) is 13.4. The van der Waals surface area contributed by atoms with Crippen molar-refractivity contribution in [2.45, 2.75) is 6.92 Å². The minimum Gasteiger partial charge on any atom is -0.354 e. The highest BCUT2D eigenvalue weighted by Gasteiger charge is 2.09. The number of carbonyl (C=O) groups excluding carboxylic acids is 2. The summed E-state index contributed by atoms with van der Waals surface area (Å²) in [7, 11) is 0. The maximum absolute atomic E-state index is 13.2. The van der Waals surface area contributed by atoms with Gasteiger partial charge in [0.15, 0.2) is 0 Å². The third kappa shape index (κ3) is 5.05. The number of halogens is 2. The van der Waals surface area contributed by atoms with E-state index in [4.69, 9.17) is 11.6 Å². The van der Waals surface area contributed by atoms with Crippen LogP contribution in [-0.2, 0) is 4.79 Å². The van der Waals surface area contributed by atoms with E-state index in [1.54, 1.807) is 24.3 Å². The fourth-order valence-electron chi connectivity index (χ4n) is 2.38. The number of benzene rings is 2. The maximum atomic E-state index is 13.2.